The number of carbonyl (C=O) groups is 2. The van der Waals surface area contributed by atoms with Crippen LogP contribution in [0.4, 0.5) is 13.2 Å². The number of carboxylic acid groups (broad SMARTS) is 1. The Labute approximate surface area is 146 Å². The highest BCUT2D eigenvalue weighted by molar-refractivity contribution is 5.95. The summed E-state index contributed by atoms with van der Waals surface area (Å²) in [6.45, 7) is 2.67. The summed E-state index contributed by atoms with van der Waals surface area (Å²) in [5, 5.41) is 9.19. The van der Waals surface area contributed by atoms with Crippen molar-refractivity contribution in [1.29, 1.82) is 0 Å². The Balaban J connectivity index is 2.34. The molecule has 6 nitrogen and oxygen atoms in total. The van der Waals surface area contributed by atoms with Crippen LogP contribution in [0.1, 0.15) is 24.4 Å². The van der Waals surface area contributed by atoms with E-state index in [-0.39, 0.29) is 17.1 Å². The largest absolute Gasteiger partial charge is 0.573 e. The van der Waals surface area contributed by atoms with Crippen LogP contribution in [0.2, 0.25) is 0 Å². The Hall–Kier alpha value is -2.97. The monoisotopic (exact) mass is 371 g/mol. The fraction of sp³-hybridized carbons (Fsp3) is 0.294. The zero-order chi connectivity index (χ0) is 19.7. The minimum atomic E-state index is -4.88. The van der Waals surface area contributed by atoms with Gasteiger partial charge in [-0.2, -0.15) is 0 Å². The topological polar surface area (TPSA) is 80.0 Å². The molecule has 0 saturated carbocycles. The average Bonchev–Trinajstić information content (AvgIpc) is 3.02. The van der Waals surface area contributed by atoms with Gasteiger partial charge in [0.15, 0.2) is 5.76 Å². The molecule has 9 heteroatoms. The van der Waals surface area contributed by atoms with Gasteiger partial charge in [-0.15, -0.1) is 13.2 Å². The zero-order valence-corrected chi connectivity index (χ0v) is 14.1. The molecule has 0 spiro atoms. The number of rotatable bonds is 5. The Bertz CT molecular complexity index is 826. The van der Waals surface area contributed by atoms with E-state index in [0.717, 1.165) is 11.0 Å². The smallest absolute Gasteiger partial charge is 0.480 e. The van der Waals surface area contributed by atoms with Crippen molar-refractivity contribution >= 4 is 11.9 Å². The van der Waals surface area contributed by atoms with E-state index in [1.54, 1.807) is 0 Å². The lowest BCUT2D eigenvalue weighted by molar-refractivity contribution is -0.274. The Morgan fingerprint density at radius 2 is 1.73 bits per heavy atom. The maximum atomic E-state index is 12.5. The van der Waals surface area contributed by atoms with Crippen LogP contribution in [0, 0.1) is 0 Å². The average molecular weight is 371 g/mol. The van der Waals surface area contributed by atoms with Crippen molar-refractivity contribution < 1.29 is 37.0 Å². The molecule has 0 aliphatic rings. The molecule has 0 fully saturated rings. The van der Waals surface area contributed by atoms with Gasteiger partial charge in [-0.25, -0.2) is 4.79 Å². The molecule has 2 aromatic rings. The van der Waals surface area contributed by atoms with Gasteiger partial charge in [0.05, 0.1) is 5.56 Å². The number of alkyl halides is 3. The summed E-state index contributed by atoms with van der Waals surface area (Å²) in [6, 6.07) is 7.89. The van der Waals surface area contributed by atoms with Crippen LogP contribution in [0.5, 0.6) is 5.75 Å². The quantitative estimate of drug-likeness (QED) is 0.865. The van der Waals surface area contributed by atoms with Gasteiger partial charge in [0.2, 0.25) is 0 Å². The lowest BCUT2D eigenvalue weighted by atomic mass is 10.0. The molecule has 0 aliphatic carbocycles. The number of benzene rings is 1. The van der Waals surface area contributed by atoms with E-state index in [9.17, 15) is 27.9 Å². The van der Waals surface area contributed by atoms with Crippen molar-refractivity contribution in [1.82, 2.24) is 4.90 Å². The minimum Gasteiger partial charge on any atom is -0.480 e. The van der Waals surface area contributed by atoms with Crippen LogP contribution < -0.4 is 4.74 Å². The SMILES string of the molecule is CN(C(=O)c1ccc(-c2ccccc2OC(F)(F)F)o1)C(C)(C)C(=O)O. The Morgan fingerprint density at radius 3 is 2.31 bits per heavy atom. The summed E-state index contributed by atoms with van der Waals surface area (Å²) in [4.78, 5) is 24.6. The van der Waals surface area contributed by atoms with Crippen LogP contribution in [0.3, 0.4) is 0 Å². The van der Waals surface area contributed by atoms with Crippen molar-refractivity contribution in [3.63, 3.8) is 0 Å². The lowest BCUT2D eigenvalue weighted by Crippen LogP contribution is -2.50. The number of halogens is 3. The third-order valence-electron chi connectivity index (χ3n) is 3.86. The number of likely N-dealkylation sites (N-methyl/N-ethyl adjacent to an activating group) is 1. The second-order valence-electron chi connectivity index (χ2n) is 5.94. The lowest BCUT2D eigenvalue weighted by Gasteiger charge is -2.30. The number of furan rings is 1. The molecular weight excluding hydrogens is 355 g/mol. The van der Waals surface area contributed by atoms with E-state index in [1.165, 1.54) is 51.2 Å². The van der Waals surface area contributed by atoms with Crippen LogP contribution >= 0.6 is 0 Å². The second kappa shape index (κ2) is 6.74. The zero-order valence-electron chi connectivity index (χ0n) is 14.1. The second-order valence-corrected chi connectivity index (χ2v) is 5.94. The molecule has 0 aliphatic heterocycles. The molecule has 1 heterocycles. The number of ether oxygens (including phenoxy) is 1. The first-order chi connectivity index (χ1) is 11.9. The number of nitrogens with zero attached hydrogens (tertiary/aromatic N) is 1. The van der Waals surface area contributed by atoms with Crippen molar-refractivity contribution in [2.24, 2.45) is 0 Å². The molecule has 0 radical (unpaired) electrons. The highest BCUT2D eigenvalue weighted by Crippen LogP contribution is 2.35. The summed E-state index contributed by atoms with van der Waals surface area (Å²) in [6.07, 6.45) is -4.88. The number of para-hydroxylation sites is 1. The van der Waals surface area contributed by atoms with E-state index in [2.05, 4.69) is 4.74 Å². The molecule has 1 N–H and O–H groups in total. The predicted octanol–water partition coefficient (Wildman–Crippen LogP) is 3.78. The molecule has 1 aromatic carbocycles. The molecule has 0 atom stereocenters. The molecule has 0 saturated heterocycles. The van der Waals surface area contributed by atoms with Crippen LogP contribution in [-0.2, 0) is 4.79 Å². The van der Waals surface area contributed by atoms with Crippen LogP contribution in [-0.4, -0.2) is 40.8 Å². The summed E-state index contributed by atoms with van der Waals surface area (Å²) in [5.74, 6) is -2.65. The molecule has 2 rings (SSSR count). The number of aliphatic carboxylic acids is 1. The van der Waals surface area contributed by atoms with E-state index in [1.807, 2.05) is 0 Å². The van der Waals surface area contributed by atoms with E-state index >= 15 is 0 Å². The molecule has 26 heavy (non-hydrogen) atoms. The van der Waals surface area contributed by atoms with E-state index in [0.29, 0.717) is 0 Å². The highest BCUT2D eigenvalue weighted by atomic mass is 19.4. The minimum absolute atomic E-state index is 0.00372. The first kappa shape index (κ1) is 19.4. The third-order valence-corrected chi connectivity index (χ3v) is 3.86. The molecule has 0 bridgehead atoms. The summed E-state index contributed by atoms with van der Waals surface area (Å²) in [7, 11) is 1.29. The van der Waals surface area contributed by atoms with Crippen LogP contribution in [0.15, 0.2) is 40.8 Å². The fourth-order valence-corrected chi connectivity index (χ4v) is 2.04. The molecule has 0 unspecified atom stereocenters. The number of carboxylic acids is 1. The maximum Gasteiger partial charge on any atom is 0.573 e. The number of hydrogen-bond acceptors (Lipinski definition) is 4. The normalized spacial score (nSPS) is 11.9. The first-order valence-corrected chi connectivity index (χ1v) is 7.40. The fourth-order valence-electron chi connectivity index (χ4n) is 2.04. The third kappa shape index (κ3) is 3.98. The van der Waals surface area contributed by atoms with Crippen molar-refractivity contribution in [3.8, 4) is 17.1 Å². The summed E-state index contributed by atoms with van der Waals surface area (Å²) >= 11 is 0. The molecule has 140 valence electrons. The summed E-state index contributed by atoms with van der Waals surface area (Å²) < 4.78 is 46.9. The molecule has 1 aromatic heterocycles. The summed E-state index contributed by atoms with van der Waals surface area (Å²) in [5.41, 5.74) is -1.49. The number of hydrogen-bond donors (Lipinski definition) is 1. The molecule has 1 amide bonds. The van der Waals surface area contributed by atoms with Crippen molar-refractivity contribution in [2.75, 3.05) is 7.05 Å². The predicted molar refractivity (Wildman–Crippen MR) is 84.6 cm³/mol. The van der Waals surface area contributed by atoms with Gasteiger partial charge in [0, 0.05) is 7.05 Å². The van der Waals surface area contributed by atoms with Gasteiger partial charge in [-0.3, -0.25) is 4.79 Å². The van der Waals surface area contributed by atoms with Crippen LogP contribution in [0.25, 0.3) is 11.3 Å². The number of carbonyl (C=O) groups excluding carboxylic acids is 1. The highest BCUT2D eigenvalue weighted by Gasteiger charge is 2.37. The first-order valence-electron chi connectivity index (χ1n) is 7.40. The van der Waals surface area contributed by atoms with Crippen molar-refractivity contribution in [3.05, 3.63) is 42.2 Å². The Kier molecular flexibility index (Phi) is 5.02. The van der Waals surface area contributed by atoms with Crippen molar-refractivity contribution in [2.45, 2.75) is 25.7 Å². The van der Waals surface area contributed by atoms with Gasteiger partial charge in [-0.05, 0) is 38.1 Å². The van der Waals surface area contributed by atoms with E-state index < -0.39 is 29.5 Å². The van der Waals surface area contributed by atoms with Gasteiger partial charge in [0.1, 0.15) is 17.0 Å². The van der Waals surface area contributed by atoms with Gasteiger partial charge >= 0.3 is 12.3 Å². The number of amides is 1. The van der Waals surface area contributed by atoms with E-state index in [4.69, 9.17) is 4.42 Å². The van der Waals surface area contributed by atoms with Gasteiger partial charge < -0.3 is 19.2 Å². The standard InChI is InChI=1S/C17H16F3NO5/c1-16(2,15(23)24)21(3)14(22)13-9-8-11(25-13)10-6-4-5-7-12(10)26-17(18,19)20/h4-9H,1-3H3,(H,23,24). The maximum absolute atomic E-state index is 12.5. The van der Waals surface area contributed by atoms with Gasteiger partial charge in [-0.1, -0.05) is 12.1 Å². The Morgan fingerprint density at radius 1 is 1.12 bits per heavy atom. The molecular formula is C17H16F3NO5. The van der Waals surface area contributed by atoms with Gasteiger partial charge in [0.25, 0.3) is 5.91 Å².